The number of halogens is 2. The maximum atomic E-state index is 6.13. The SMILES string of the molecule is C=C(C)CC(NN)c1ccc(Br)cc1Cl. The first-order chi connectivity index (χ1) is 7.04. The van der Waals surface area contributed by atoms with E-state index in [1.54, 1.807) is 0 Å². The first-order valence-corrected chi connectivity index (χ1v) is 5.77. The molecule has 0 fully saturated rings. The van der Waals surface area contributed by atoms with E-state index in [1.165, 1.54) is 0 Å². The van der Waals surface area contributed by atoms with E-state index in [9.17, 15) is 0 Å². The summed E-state index contributed by atoms with van der Waals surface area (Å²) in [5.41, 5.74) is 4.81. The Labute approximate surface area is 104 Å². The van der Waals surface area contributed by atoms with Gasteiger partial charge in [-0.25, -0.2) is 0 Å². The summed E-state index contributed by atoms with van der Waals surface area (Å²) in [5.74, 6) is 5.50. The highest BCUT2D eigenvalue weighted by Gasteiger charge is 2.13. The van der Waals surface area contributed by atoms with Crippen LogP contribution < -0.4 is 11.3 Å². The summed E-state index contributed by atoms with van der Waals surface area (Å²) in [7, 11) is 0. The lowest BCUT2D eigenvalue weighted by Crippen LogP contribution is -2.28. The summed E-state index contributed by atoms with van der Waals surface area (Å²) in [6.45, 7) is 5.84. The van der Waals surface area contributed by atoms with Crippen LogP contribution in [0, 0.1) is 0 Å². The molecule has 1 rings (SSSR count). The predicted octanol–water partition coefficient (Wildman–Crippen LogP) is 3.57. The van der Waals surface area contributed by atoms with E-state index in [0.717, 1.165) is 22.0 Å². The van der Waals surface area contributed by atoms with Gasteiger partial charge >= 0.3 is 0 Å². The molecular weight excluding hydrogens is 275 g/mol. The molecular formula is C11H14BrClN2. The second-order valence-electron chi connectivity index (χ2n) is 3.55. The van der Waals surface area contributed by atoms with Crippen molar-refractivity contribution < 1.29 is 0 Å². The topological polar surface area (TPSA) is 38.0 Å². The monoisotopic (exact) mass is 288 g/mol. The lowest BCUT2D eigenvalue weighted by Gasteiger charge is -2.17. The predicted molar refractivity (Wildman–Crippen MR) is 68.6 cm³/mol. The molecule has 0 saturated carbocycles. The Morgan fingerprint density at radius 1 is 1.67 bits per heavy atom. The number of rotatable bonds is 4. The maximum absolute atomic E-state index is 6.13. The van der Waals surface area contributed by atoms with E-state index in [1.807, 2.05) is 25.1 Å². The number of nitrogens with two attached hydrogens (primary N) is 1. The molecule has 0 spiro atoms. The van der Waals surface area contributed by atoms with Gasteiger partial charge in [0.05, 0.1) is 6.04 Å². The van der Waals surface area contributed by atoms with Gasteiger partial charge in [-0.3, -0.25) is 11.3 Å². The Hall–Kier alpha value is -0.350. The molecule has 0 aliphatic heterocycles. The highest BCUT2D eigenvalue weighted by Crippen LogP contribution is 2.29. The fourth-order valence-corrected chi connectivity index (χ4v) is 2.20. The summed E-state index contributed by atoms with van der Waals surface area (Å²) in [5, 5.41) is 0.702. The van der Waals surface area contributed by atoms with Crippen molar-refractivity contribution in [3.05, 3.63) is 45.4 Å². The normalized spacial score (nSPS) is 12.5. The molecule has 1 aromatic rings. The van der Waals surface area contributed by atoms with Crippen LogP contribution in [-0.2, 0) is 0 Å². The smallest absolute Gasteiger partial charge is 0.0511 e. The minimum Gasteiger partial charge on any atom is -0.271 e. The molecule has 0 amide bonds. The van der Waals surface area contributed by atoms with E-state index in [2.05, 4.69) is 27.9 Å². The van der Waals surface area contributed by atoms with Gasteiger partial charge in [0.2, 0.25) is 0 Å². The van der Waals surface area contributed by atoms with Crippen LogP contribution in [0.25, 0.3) is 0 Å². The van der Waals surface area contributed by atoms with Gasteiger partial charge in [-0.15, -0.1) is 6.58 Å². The maximum Gasteiger partial charge on any atom is 0.0511 e. The average molecular weight is 290 g/mol. The van der Waals surface area contributed by atoms with Gasteiger partial charge < -0.3 is 0 Å². The van der Waals surface area contributed by atoms with Crippen molar-refractivity contribution in [2.45, 2.75) is 19.4 Å². The molecule has 2 nitrogen and oxygen atoms in total. The number of benzene rings is 1. The van der Waals surface area contributed by atoms with E-state index in [0.29, 0.717) is 5.02 Å². The Bertz CT molecular complexity index is 366. The molecule has 0 aromatic heterocycles. The molecule has 0 aliphatic rings. The van der Waals surface area contributed by atoms with Crippen molar-refractivity contribution in [2.24, 2.45) is 5.84 Å². The molecule has 0 bridgehead atoms. The Kier molecular flexibility index (Phi) is 4.80. The summed E-state index contributed by atoms with van der Waals surface area (Å²) in [6, 6.07) is 5.78. The van der Waals surface area contributed by atoms with Crippen LogP contribution >= 0.6 is 27.5 Å². The first kappa shape index (κ1) is 12.7. The van der Waals surface area contributed by atoms with Crippen LogP contribution in [-0.4, -0.2) is 0 Å². The van der Waals surface area contributed by atoms with Crippen molar-refractivity contribution in [1.29, 1.82) is 0 Å². The van der Waals surface area contributed by atoms with Gasteiger partial charge in [0.25, 0.3) is 0 Å². The number of hydrogen-bond donors (Lipinski definition) is 2. The minimum atomic E-state index is 0.0168. The molecule has 1 unspecified atom stereocenters. The van der Waals surface area contributed by atoms with E-state index in [-0.39, 0.29) is 6.04 Å². The molecule has 1 atom stereocenters. The largest absolute Gasteiger partial charge is 0.271 e. The van der Waals surface area contributed by atoms with Gasteiger partial charge in [-0.1, -0.05) is 39.2 Å². The van der Waals surface area contributed by atoms with Gasteiger partial charge in [0, 0.05) is 9.50 Å². The van der Waals surface area contributed by atoms with Gasteiger partial charge in [-0.05, 0) is 31.0 Å². The molecule has 3 N–H and O–H groups in total. The molecule has 0 heterocycles. The molecule has 0 saturated heterocycles. The van der Waals surface area contributed by atoms with Crippen molar-refractivity contribution >= 4 is 27.5 Å². The molecule has 1 aromatic carbocycles. The zero-order valence-corrected chi connectivity index (χ0v) is 10.9. The van der Waals surface area contributed by atoms with Crippen LogP contribution in [0.1, 0.15) is 24.9 Å². The van der Waals surface area contributed by atoms with Crippen LogP contribution in [0.2, 0.25) is 5.02 Å². The second-order valence-corrected chi connectivity index (χ2v) is 4.87. The highest BCUT2D eigenvalue weighted by atomic mass is 79.9. The average Bonchev–Trinajstić information content (AvgIpc) is 2.14. The number of nitrogens with one attached hydrogen (secondary N) is 1. The van der Waals surface area contributed by atoms with Crippen LogP contribution in [0.3, 0.4) is 0 Å². The third-order valence-electron chi connectivity index (χ3n) is 2.09. The fourth-order valence-electron chi connectivity index (χ4n) is 1.39. The van der Waals surface area contributed by atoms with E-state index in [4.69, 9.17) is 17.4 Å². The van der Waals surface area contributed by atoms with Gasteiger partial charge in [0.1, 0.15) is 0 Å². The van der Waals surface area contributed by atoms with E-state index >= 15 is 0 Å². The molecule has 0 radical (unpaired) electrons. The van der Waals surface area contributed by atoms with Crippen LogP contribution in [0.4, 0.5) is 0 Å². The Morgan fingerprint density at radius 2 is 2.33 bits per heavy atom. The minimum absolute atomic E-state index is 0.0168. The fraction of sp³-hybridized carbons (Fsp3) is 0.273. The molecule has 82 valence electrons. The van der Waals surface area contributed by atoms with Crippen molar-refractivity contribution in [3.63, 3.8) is 0 Å². The summed E-state index contributed by atoms with van der Waals surface area (Å²) in [4.78, 5) is 0. The van der Waals surface area contributed by atoms with Crippen molar-refractivity contribution in [3.8, 4) is 0 Å². The lowest BCUT2D eigenvalue weighted by atomic mass is 10.0. The number of hydrogen-bond acceptors (Lipinski definition) is 2. The van der Waals surface area contributed by atoms with Crippen LogP contribution in [0.5, 0.6) is 0 Å². The zero-order valence-electron chi connectivity index (χ0n) is 8.56. The third-order valence-corrected chi connectivity index (χ3v) is 2.91. The molecule has 0 aliphatic carbocycles. The van der Waals surface area contributed by atoms with Gasteiger partial charge in [0.15, 0.2) is 0 Å². The Morgan fingerprint density at radius 3 is 2.80 bits per heavy atom. The van der Waals surface area contributed by atoms with E-state index < -0.39 is 0 Å². The van der Waals surface area contributed by atoms with Gasteiger partial charge in [-0.2, -0.15) is 0 Å². The second kappa shape index (κ2) is 5.66. The van der Waals surface area contributed by atoms with Crippen LogP contribution in [0.15, 0.2) is 34.8 Å². The van der Waals surface area contributed by atoms with Crippen molar-refractivity contribution in [1.82, 2.24) is 5.43 Å². The molecule has 4 heteroatoms. The quantitative estimate of drug-likeness (QED) is 0.505. The highest BCUT2D eigenvalue weighted by molar-refractivity contribution is 9.10. The molecule has 15 heavy (non-hydrogen) atoms. The summed E-state index contributed by atoms with van der Waals surface area (Å²) < 4.78 is 0.961. The standard InChI is InChI=1S/C11H14BrClN2/c1-7(2)5-11(15-14)9-4-3-8(12)6-10(9)13/h3-4,6,11,15H,1,5,14H2,2H3. The summed E-state index contributed by atoms with van der Waals surface area (Å²) in [6.07, 6.45) is 0.776. The zero-order chi connectivity index (χ0) is 11.4. The summed E-state index contributed by atoms with van der Waals surface area (Å²) >= 11 is 9.50. The third kappa shape index (κ3) is 3.61. The number of hydrazine groups is 1. The lowest BCUT2D eigenvalue weighted by molar-refractivity contribution is 0.550. The van der Waals surface area contributed by atoms with Crippen molar-refractivity contribution in [2.75, 3.05) is 0 Å². The first-order valence-electron chi connectivity index (χ1n) is 4.60. The Balaban J connectivity index is 2.96.